The molecule has 0 fully saturated rings. The molecule has 2 N–H and O–H groups in total. The summed E-state index contributed by atoms with van der Waals surface area (Å²) in [5.74, 6) is 0.758. The molecule has 0 saturated carbocycles. The third kappa shape index (κ3) is 10.3. The van der Waals surface area contributed by atoms with Crippen molar-refractivity contribution in [1.29, 1.82) is 0 Å². The van der Waals surface area contributed by atoms with Crippen LogP contribution in [0.15, 0.2) is 11.2 Å². The van der Waals surface area contributed by atoms with Gasteiger partial charge >= 0.3 is 0 Å². The quantitative estimate of drug-likeness (QED) is 0.220. The number of aromatic nitrogens is 1. The van der Waals surface area contributed by atoms with E-state index in [2.05, 4.69) is 27.5 Å². The number of hydrogen-bond acceptors (Lipinski definition) is 5. The number of hydrogen-bond donors (Lipinski definition) is 2. The minimum Gasteiger partial charge on any atom is -0.357 e. The van der Waals surface area contributed by atoms with Crippen LogP contribution in [0.3, 0.4) is 0 Å². The Morgan fingerprint density at radius 1 is 1.36 bits per heavy atom. The van der Waals surface area contributed by atoms with Gasteiger partial charge in [0.1, 0.15) is 0 Å². The molecule has 146 valence electrons. The lowest BCUT2D eigenvalue weighted by atomic mass is 10.4. The van der Waals surface area contributed by atoms with Crippen LogP contribution in [0.4, 0.5) is 0 Å². The summed E-state index contributed by atoms with van der Waals surface area (Å²) < 4.78 is 24.5. The molecule has 1 aromatic heterocycles. The highest BCUT2D eigenvalue weighted by Crippen LogP contribution is 2.10. The van der Waals surface area contributed by atoms with E-state index < -0.39 is 10.0 Å². The highest BCUT2D eigenvalue weighted by molar-refractivity contribution is 14.0. The number of aliphatic imine (C=N–C) groups is 1. The molecule has 0 saturated heterocycles. The zero-order chi connectivity index (χ0) is 18.0. The van der Waals surface area contributed by atoms with E-state index in [0.717, 1.165) is 30.5 Å². The lowest BCUT2D eigenvalue weighted by molar-refractivity contribution is 0.427. The SMILES string of the molecule is CCNC(=NCCCN(CC)S(C)(=O)=O)NCCc1ncc(C)s1.I. The minimum absolute atomic E-state index is 0. The van der Waals surface area contributed by atoms with Crippen LogP contribution in [-0.4, -0.2) is 62.6 Å². The molecule has 1 aromatic rings. The van der Waals surface area contributed by atoms with E-state index in [9.17, 15) is 8.42 Å². The minimum atomic E-state index is -3.12. The van der Waals surface area contributed by atoms with Crippen molar-refractivity contribution < 1.29 is 8.42 Å². The predicted molar refractivity (Wildman–Crippen MR) is 117 cm³/mol. The van der Waals surface area contributed by atoms with Gasteiger partial charge in [0.2, 0.25) is 10.0 Å². The van der Waals surface area contributed by atoms with E-state index in [4.69, 9.17) is 0 Å². The van der Waals surface area contributed by atoms with Gasteiger partial charge in [-0.25, -0.2) is 17.7 Å². The molecule has 0 spiro atoms. The standard InChI is InChI=1S/C15H29N5O2S2.HI/c1-5-16-15(18-10-8-14-19-12-13(3)23-14)17-9-7-11-20(6-2)24(4,21)22;/h12H,5-11H2,1-4H3,(H2,16,17,18);1H. The summed E-state index contributed by atoms with van der Waals surface area (Å²) in [6.45, 7) is 9.04. The summed E-state index contributed by atoms with van der Waals surface area (Å²) in [5, 5.41) is 7.59. The Labute approximate surface area is 172 Å². The van der Waals surface area contributed by atoms with Crippen LogP contribution >= 0.6 is 35.3 Å². The number of halogens is 1. The van der Waals surface area contributed by atoms with Gasteiger partial charge in [0, 0.05) is 50.2 Å². The van der Waals surface area contributed by atoms with Crippen LogP contribution in [0.5, 0.6) is 0 Å². The van der Waals surface area contributed by atoms with Crippen molar-refractivity contribution in [3.05, 3.63) is 16.1 Å². The Balaban J connectivity index is 0.00000576. The first-order valence-electron chi connectivity index (χ1n) is 8.25. The maximum Gasteiger partial charge on any atom is 0.211 e. The van der Waals surface area contributed by atoms with Crippen molar-refractivity contribution in [2.75, 3.05) is 39.0 Å². The molecule has 0 radical (unpaired) electrons. The zero-order valence-electron chi connectivity index (χ0n) is 15.4. The molecule has 0 aliphatic rings. The Morgan fingerprint density at radius 3 is 2.60 bits per heavy atom. The summed E-state index contributed by atoms with van der Waals surface area (Å²) in [7, 11) is -3.12. The molecule has 1 heterocycles. The van der Waals surface area contributed by atoms with Crippen LogP contribution in [0, 0.1) is 6.92 Å². The Bertz CT molecular complexity index is 619. The first kappa shape index (κ1) is 24.5. The van der Waals surface area contributed by atoms with Crippen molar-refractivity contribution in [3.63, 3.8) is 0 Å². The third-order valence-corrected chi connectivity index (χ3v) is 5.65. The van der Waals surface area contributed by atoms with Gasteiger partial charge < -0.3 is 10.6 Å². The first-order valence-corrected chi connectivity index (χ1v) is 10.9. The van der Waals surface area contributed by atoms with Crippen LogP contribution in [0.2, 0.25) is 0 Å². The molecule has 0 bridgehead atoms. The van der Waals surface area contributed by atoms with Crippen LogP contribution in [0.1, 0.15) is 30.2 Å². The molecule has 7 nitrogen and oxygen atoms in total. The molecule has 10 heteroatoms. The van der Waals surface area contributed by atoms with Crippen molar-refractivity contribution >= 4 is 51.3 Å². The maximum atomic E-state index is 11.5. The molecule has 0 aliphatic heterocycles. The van der Waals surface area contributed by atoms with Gasteiger partial charge in [-0.05, 0) is 20.3 Å². The molecule has 0 aromatic carbocycles. The smallest absolute Gasteiger partial charge is 0.211 e. The van der Waals surface area contributed by atoms with Crippen molar-refractivity contribution in [2.45, 2.75) is 33.6 Å². The van der Waals surface area contributed by atoms with Crippen LogP contribution < -0.4 is 10.6 Å². The molecular formula is C15H30IN5O2S2. The summed E-state index contributed by atoms with van der Waals surface area (Å²) in [4.78, 5) is 10.1. The summed E-state index contributed by atoms with van der Waals surface area (Å²) in [6, 6.07) is 0. The van der Waals surface area contributed by atoms with Gasteiger partial charge in [-0.3, -0.25) is 4.99 Å². The number of aryl methyl sites for hydroxylation is 1. The second-order valence-corrected chi connectivity index (χ2v) is 8.71. The van der Waals surface area contributed by atoms with Crippen molar-refractivity contribution in [1.82, 2.24) is 19.9 Å². The maximum absolute atomic E-state index is 11.5. The largest absolute Gasteiger partial charge is 0.357 e. The van der Waals surface area contributed by atoms with E-state index in [1.807, 2.05) is 20.0 Å². The zero-order valence-corrected chi connectivity index (χ0v) is 19.4. The van der Waals surface area contributed by atoms with Gasteiger partial charge in [-0.1, -0.05) is 6.92 Å². The molecule has 25 heavy (non-hydrogen) atoms. The van der Waals surface area contributed by atoms with Crippen LogP contribution in [0.25, 0.3) is 0 Å². The Hall–Kier alpha value is -0.460. The highest BCUT2D eigenvalue weighted by atomic mass is 127. The van der Waals surface area contributed by atoms with E-state index in [-0.39, 0.29) is 24.0 Å². The molecule has 0 unspecified atom stereocenters. The number of nitrogens with zero attached hydrogens (tertiary/aromatic N) is 3. The average Bonchev–Trinajstić information content (AvgIpc) is 2.91. The predicted octanol–water partition coefficient (Wildman–Crippen LogP) is 1.84. The molecule has 0 atom stereocenters. The number of thiazole rings is 1. The normalized spacial score (nSPS) is 12.1. The lowest BCUT2D eigenvalue weighted by Crippen LogP contribution is -2.38. The van der Waals surface area contributed by atoms with Crippen LogP contribution in [-0.2, 0) is 16.4 Å². The third-order valence-electron chi connectivity index (χ3n) is 3.30. The van der Waals surface area contributed by atoms with E-state index >= 15 is 0 Å². The average molecular weight is 503 g/mol. The molecule has 0 amide bonds. The second-order valence-electron chi connectivity index (χ2n) is 5.41. The summed E-state index contributed by atoms with van der Waals surface area (Å²) >= 11 is 1.71. The van der Waals surface area contributed by atoms with E-state index in [0.29, 0.717) is 26.1 Å². The van der Waals surface area contributed by atoms with Crippen molar-refractivity contribution in [3.8, 4) is 0 Å². The summed E-state index contributed by atoms with van der Waals surface area (Å²) in [6.07, 6.45) is 4.69. The highest BCUT2D eigenvalue weighted by Gasteiger charge is 2.13. The number of nitrogens with one attached hydrogen (secondary N) is 2. The van der Waals surface area contributed by atoms with Gasteiger partial charge in [-0.15, -0.1) is 35.3 Å². The number of sulfonamides is 1. The topological polar surface area (TPSA) is 86.7 Å². The first-order chi connectivity index (χ1) is 11.4. The fraction of sp³-hybridized carbons (Fsp3) is 0.733. The van der Waals surface area contributed by atoms with Gasteiger partial charge in [0.15, 0.2) is 5.96 Å². The molecule has 1 rings (SSSR count). The number of guanidine groups is 1. The fourth-order valence-electron chi connectivity index (χ4n) is 2.14. The van der Waals surface area contributed by atoms with Crippen molar-refractivity contribution in [2.24, 2.45) is 4.99 Å². The van der Waals surface area contributed by atoms with E-state index in [1.54, 1.807) is 11.3 Å². The van der Waals surface area contributed by atoms with E-state index in [1.165, 1.54) is 15.4 Å². The fourth-order valence-corrected chi connectivity index (χ4v) is 3.86. The number of rotatable bonds is 10. The molecular weight excluding hydrogens is 473 g/mol. The van der Waals surface area contributed by atoms with Gasteiger partial charge in [-0.2, -0.15) is 0 Å². The Kier molecular flexibility index (Phi) is 12.6. The lowest BCUT2D eigenvalue weighted by Gasteiger charge is -2.17. The van der Waals surface area contributed by atoms with Gasteiger partial charge in [0.25, 0.3) is 0 Å². The monoisotopic (exact) mass is 503 g/mol. The molecule has 0 aliphatic carbocycles. The Morgan fingerprint density at radius 2 is 2.08 bits per heavy atom. The van der Waals surface area contributed by atoms with Gasteiger partial charge in [0.05, 0.1) is 11.3 Å². The second kappa shape index (κ2) is 12.8. The summed E-state index contributed by atoms with van der Waals surface area (Å²) in [5.41, 5.74) is 0.